The molecule has 1 fully saturated rings. The Morgan fingerprint density at radius 3 is 2.95 bits per heavy atom. The largest absolute Gasteiger partial charge is 0.481 e. The molecule has 20 heavy (non-hydrogen) atoms. The smallest absolute Gasteiger partial charge is 0.215 e. The van der Waals surface area contributed by atoms with Crippen molar-refractivity contribution in [3.8, 4) is 5.88 Å². The van der Waals surface area contributed by atoms with Crippen molar-refractivity contribution < 1.29 is 9.47 Å². The first-order valence-corrected chi connectivity index (χ1v) is 7.34. The molecule has 0 radical (unpaired) electrons. The van der Waals surface area contributed by atoms with E-state index < -0.39 is 0 Å². The maximum Gasteiger partial charge on any atom is 0.215 e. The van der Waals surface area contributed by atoms with Crippen LogP contribution in [0.2, 0.25) is 0 Å². The zero-order valence-electron chi connectivity index (χ0n) is 11.7. The highest BCUT2D eigenvalue weighted by atomic mass is 35.5. The highest BCUT2D eigenvalue weighted by molar-refractivity contribution is 6.16. The van der Waals surface area contributed by atoms with Gasteiger partial charge >= 0.3 is 0 Å². The third-order valence-corrected chi connectivity index (χ3v) is 4.16. The van der Waals surface area contributed by atoms with Crippen molar-refractivity contribution in [1.29, 1.82) is 0 Å². The minimum atomic E-state index is 0.265. The number of fused-ring (bicyclic) bond motifs is 1. The number of imidazole rings is 1. The number of ether oxygens (including phenoxy) is 2. The Bertz CT molecular complexity index is 614. The molecule has 2 atom stereocenters. The number of pyridine rings is 1. The fraction of sp³-hybridized carbons (Fsp3) is 0.571. The Morgan fingerprint density at radius 1 is 1.45 bits per heavy atom. The third-order valence-electron chi connectivity index (χ3n) is 3.92. The number of hydrogen-bond donors (Lipinski definition) is 0. The zero-order chi connectivity index (χ0) is 14.1. The van der Waals surface area contributed by atoms with Crippen LogP contribution < -0.4 is 4.74 Å². The van der Waals surface area contributed by atoms with Crippen LogP contribution in [0.1, 0.15) is 19.2 Å². The molecule has 108 valence electrons. The summed E-state index contributed by atoms with van der Waals surface area (Å²) in [6.07, 6.45) is 1.33. The molecule has 2 aromatic heterocycles. The summed E-state index contributed by atoms with van der Waals surface area (Å²) < 4.78 is 12.9. The van der Waals surface area contributed by atoms with Gasteiger partial charge in [0.15, 0.2) is 5.65 Å². The molecular formula is C14H18ClN3O2. The standard InChI is InChI=1S/C14H18ClN3O2/c1-9-10(5-6-20-9)8-18-12(7-15)16-11-3-4-13(19-2)17-14(11)18/h3-4,9-10H,5-8H2,1-2H3. The van der Waals surface area contributed by atoms with Crippen LogP contribution in [0.25, 0.3) is 11.2 Å². The highest BCUT2D eigenvalue weighted by Crippen LogP contribution is 2.26. The highest BCUT2D eigenvalue weighted by Gasteiger charge is 2.26. The fourth-order valence-corrected chi connectivity index (χ4v) is 2.89. The summed E-state index contributed by atoms with van der Waals surface area (Å²) >= 11 is 6.03. The first kappa shape index (κ1) is 13.6. The van der Waals surface area contributed by atoms with E-state index in [4.69, 9.17) is 21.1 Å². The van der Waals surface area contributed by atoms with E-state index in [1.165, 1.54) is 0 Å². The first-order valence-electron chi connectivity index (χ1n) is 6.80. The minimum absolute atomic E-state index is 0.265. The second kappa shape index (κ2) is 5.58. The van der Waals surface area contributed by atoms with Crippen LogP contribution in [-0.4, -0.2) is 34.4 Å². The van der Waals surface area contributed by atoms with Gasteiger partial charge < -0.3 is 14.0 Å². The van der Waals surface area contributed by atoms with Gasteiger partial charge in [0.1, 0.15) is 11.3 Å². The molecule has 0 saturated carbocycles. The normalized spacial score (nSPS) is 22.6. The van der Waals surface area contributed by atoms with Gasteiger partial charge in [-0.05, 0) is 19.4 Å². The van der Waals surface area contributed by atoms with Crippen LogP contribution in [0.5, 0.6) is 5.88 Å². The molecule has 0 aromatic carbocycles. The number of aromatic nitrogens is 3. The lowest BCUT2D eigenvalue weighted by Crippen LogP contribution is -2.19. The van der Waals surface area contributed by atoms with Gasteiger partial charge in [-0.2, -0.15) is 4.98 Å². The van der Waals surface area contributed by atoms with E-state index >= 15 is 0 Å². The van der Waals surface area contributed by atoms with Crippen LogP contribution >= 0.6 is 11.6 Å². The van der Waals surface area contributed by atoms with E-state index in [0.717, 1.165) is 36.6 Å². The number of rotatable bonds is 4. The van der Waals surface area contributed by atoms with E-state index in [0.29, 0.717) is 17.7 Å². The van der Waals surface area contributed by atoms with Gasteiger partial charge in [0.25, 0.3) is 0 Å². The molecule has 0 bridgehead atoms. The fourth-order valence-electron chi connectivity index (χ4n) is 2.69. The SMILES string of the molecule is COc1ccc2nc(CCl)n(CC3CCOC3C)c2n1. The Hall–Kier alpha value is -1.33. The summed E-state index contributed by atoms with van der Waals surface area (Å²) in [5.41, 5.74) is 1.69. The van der Waals surface area contributed by atoms with Crippen molar-refractivity contribution in [3.05, 3.63) is 18.0 Å². The maximum atomic E-state index is 6.03. The molecule has 2 aromatic rings. The predicted molar refractivity (Wildman–Crippen MR) is 77.2 cm³/mol. The number of alkyl halides is 1. The van der Waals surface area contributed by atoms with E-state index in [-0.39, 0.29) is 6.10 Å². The molecule has 1 aliphatic rings. The molecule has 1 saturated heterocycles. The van der Waals surface area contributed by atoms with Gasteiger partial charge in [0.2, 0.25) is 5.88 Å². The Morgan fingerprint density at radius 2 is 2.30 bits per heavy atom. The molecule has 0 amide bonds. The van der Waals surface area contributed by atoms with Gasteiger partial charge in [-0.25, -0.2) is 4.98 Å². The summed E-state index contributed by atoms with van der Waals surface area (Å²) in [6, 6.07) is 3.74. The summed E-state index contributed by atoms with van der Waals surface area (Å²) in [6.45, 7) is 3.77. The van der Waals surface area contributed by atoms with Gasteiger partial charge in [0, 0.05) is 25.1 Å². The second-order valence-electron chi connectivity index (χ2n) is 5.09. The molecule has 0 N–H and O–H groups in total. The van der Waals surface area contributed by atoms with Crippen molar-refractivity contribution >= 4 is 22.8 Å². The lowest BCUT2D eigenvalue weighted by atomic mass is 10.0. The Balaban J connectivity index is 2.01. The molecule has 3 heterocycles. The summed E-state index contributed by atoms with van der Waals surface area (Å²) in [7, 11) is 1.62. The summed E-state index contributed by atoms with van der Waals surface area (Å²) in [4.78, 5) is 9.05. The van der Waals surface area contributed by atoms with Crippen molar-refractivity contribution in [3.63, 3.8) is 0 Å². The molecule has 0 aliphatic carbocycles. The third kappa shape index (κ3) is 2.36. The Kier molecular flexibility index (Phi) is 3.81. The van der Waals surface area contributed by atoms with E-state index in [2.05, 4.69) is 21.5 Å². The van der Waals surface area contributed by atoms with Crippen LogP contribution in [0.15, 0.2) is 12.1 Å². The summed E-state index contributed by atoms with van der Waals surface area (Å²) in [5, 5.41) is 0. The van der Waals surface area contributed by atoms with Crippen molar-refractivity contribution in [2.45, 2.75) is 31.9 Å². The molecule has 5 nitrogen and oxygen atoms in total. The molecule has 3 rings (SSSR count). The Labute approximate surface area is 122 Å². The van der Waals surface area contributed by atoms with Gasteiger partial charge in [-0.3, -0.25) is 0 Å². The summed E-state index contributed by atoms with van der Waals surface area (Å²) in [5.74, 6) is 2.29. The van der Waals surface area contributed by atoms with Crippen molar-refractivity contribution in [2.24, 2.45) is 5.92 Å². The quantitative estimate of drug-likeness (QED) is 0.814. The van der Waals surface area contributed by atoms with Gasteiger partial charge in [-0.1, -0.05) is 0 Å². The minimum Gasteiger partial charge on any atom is -0.481 e. The lowest BCUT2D eigenvalue weighted by Gasteiger charge is -2.16. The lowest BCUT2D eigenvalue weighted by molar-refractivity contribution is 0.102. The maximum absolute atomic E-state index is 6.03. The van der Waals surface area contributed by atoms with Crippen LogP contribution in [0.3, 0.4) is 0 Å². The van der Waals surface area contributed by atoms with Gasteiger partial charge in [0.05, 0.1) is 19.1 Å². The van der Waals surface area contributed by atoms with Crippen LogP contribution in [0.4, 0.5) is 0 Å². The molecular weight excluding hydrogens is 278 g/mol. The number of hydrogen-bond acceptors (Lipinski definition) is 4. The average Bonchev–Trinajstić information content (AvgIpc) is 3.03. The molecule has 1 aliphatic heterocycles. The van der Waals surface area contributed by atoms with Crippen LogP contribution in [0, 0.1) is 5.92 Å². The first-order chi connectivity index (χ1) is 9.72. The van der Waals surface area contributed by atoms with E-state index in [1.807, 2.05) is 12.1 Å². The monoisotopic (exact) mass is 295 g/mol. The number of nitrogens with zero attached hydrogens (tertiary/aromatic N) is 3. The van der Waals surface area contributed by atoms with E-state index in [1.54, 1.807) is 7.11 Å². The number of halogens is 1. The predicted octanol–water partition coefficient (Wildman–Crippen LogP) is 2.60. The molecule has 6 heteroatoms. The van der Waals surface area contributed by atoms with Crippen molar-refractivity contribution in [1.82, 2.24) is 14.5 Å². The van der Waals surface area contributed by atoms with E-state index in [9.17, 15) is 0 Å². The zero-order valence-corrected chi connectivity index (χ0v) is 12.4. The molecule has 0 spiro atoms. The molecule has 2 unspecified atom stereocenters. The van der Waals surface area contributed by atoms with Gasteiger partial charge in [-0.15, -0.1) is 11.6 Å². The van der Waals surface area contributed by atoms with Crippen molar-refractivity contribution in [2.75, 3.05) is 13.7 Å². The average molecular weight is 296 g/mol. The number of methoxy groups -OCH3 is 1. The van der Waals surface area contributed by atoms with Crippen LogP contribution in [-0.2, 0) is 17.2 Å². The second-order valence-corrected chi connectivity index (χ2v) is 5.36. The topological polar surface area (TPSA) is 49.2 Å².